The van der Waals surface area contributed by atoms with Gasteiger partial charge in [-0.2, -0.15) is 0 Å². The van der Waals surface area contributed by atoms with Crippen LogP contribution in [0.1, 0.15) is 44.6 Å². The van der Waals surface area contributed by atoms with E-state index in [0.717, 1.165) is 49.1 Å². The normalized spacial score (nSPS) is 12.6. The predicted molar refractivity (Wildman–Crippen MR) is 126 cm³/mol. The SMILES string of the molecule is CCC[C@H](CCCCc1ccccc1)NP(=O)(c1ccccc1)c1ccccc1. The summed E-state index contributed by atoms with van der Waals surface area (Å²) in [6.07, 6.45) is 6.57. The van der Waals surface area contributed by atoms with Crippen LogP contribution >= 0.6 is 7.29 Å². The highest BCUT2D eigenvalue weighted by molar-refractivity contribution is 7.76. The van der Waals surface area contributed by atoms with Crippen LogP contribution in [-0.2, 0) is 11.0 Å². The smallest absolute Gasteiger partial charge is 0.204 e. The van der Waals surface area contributed by atoms with Gasteiger partial charge in [-0.15, -0.1) is 0 Å². The van der Waals surface area contributed by atoms with Crippen LogP contribution in [0.3, 0.4) is 0 Å². The number of benzene rings is 3. The quantitative estimate of drug-likeness (QED) is 0.309. The molecule has 1 atom stereocenters. The summed E-state index contributed by atoms with van der Waals surface area (Å²) in [5.74, 6) is 0. The minimum Gasteiger partial charge on any atom is -0.297 e. The van der Waals surface area contributed by atoms with Crippen molar-refractivity contribution in [2.75, 3.05) is 0 Å². The van der Waals surface area contributed by atoms with Crippen molar-refractivity contribution < 1.29 is 4.57 Å². The Bertz CT molecular complexity index is 837. The van der Waals surface area contributed by atoms with Crippen LogP contribution in [-0.4, -0.2) is 6.04 Å². The largest absolute Gasteiger partial charge is 0.297 e. The highest BCUT2D eigenvalue weighted by atomic mass is 31.2. The lowest BCUT2D eigenvalue weighted by Crippen LogP contribution is -2.35. The van der Waals surface area contributed by atoms with Gasteiger partial charge >= 0.3 is 0 Å². The first-order chi connectivity index (χ1) is 14.2. The second-order valence-corrected chi connectivity index (χ2v) is 10.1. The second-order valence-electron chi connectivity index (χ2n) is 7.63. The highest BCUT2D eigenvalue weighted by Crippen LogP contribution is 2.40. The topological polar surface area (TPSA) is 29.1 Å². The van der Waals surface area contributed by atoms with Gasteiger partial charge in [-0.05, 0) is 55.5 Å². The molecule has 1 N–H and O–H groups in total. The van der Waals surface area contributed by atoms with Gasteiger partial charge in [0.25, 0.3) is 0 Å². The number of unbranched alkanes of at least 4 members (excludes halogenated alkanes) is 1. The Morgan fingerprint density at radius 3 is 1.76 bits per heavy atom. The monoisotopic (exact) mass is 405 g/mol. The first-order valence-electron chi connectivity index (χ1n) is 10.8. The molecule has 0 aromatic heterocycles. The summed E-state index contributed by atoms with van der Waals surface area (Å²) >= 11 is 0. The summed E-state index contributed by atoms with van der Waals surface area (Å²) in [5.41, 5.74) is 1.40. The molecule has 29 heavy (non-hydrogen) atoms. The van der Waals surface area contributed by atoms with E-state index in [1.165, 1.54) is 5.56 Å². The third-order valence-corrected chi connectivity index (χ3v) is 8.13. The van der Waals surface area contributed by atoms with Crippen molar-refractivity contribution in [2.45, 2.75) is 51.5 Å². The zero-order valence-electron chi connectivity index (χ0n) is 17.3. The Kier molecular flexibility index (Phi) is 8.28. The lowest BCUT2D eigenvalue weighted by molar-refractivity contribution is 0.484. The van der Waals surface area contributed by atoms with E-state index in [4.69, 9.17) is 0 Å². The van der Waals surface area contributed by atoms with Gasteiger partial charge in [0.2, 0.25) is 7.29 Å². The summed E-state index contributed by atoms with van der Waals surface area (Å²) in [6, 6.07) is 30.7. The van der Waals surface area contributed by atoms with E-state index in [1.54, 1.807) is 0 Å². The van der Waals surface area contributed by atoms with Gasteiger partial charge < -0.3 is 0 Å². The Labute approximate surface area is 175 Å². The third kappa shape index (κ3) is 6.16. The minimum absolute atomic E-state index is 0.252. The molecule has 0 bridgehead atoms. The Morgan fingerprint density at radius 2 is 1.24 bits per heavy atom. The van der Waals surface area contributed by atoms with Crippen LogP contribution in [0.4, 0.5) is 0 Å². The first-order valence-corrected chi connectivity index (χ1v) is 12.5. The molecule has 3 rings (SSSR count). The van der Waals surface area contributed by atoms with Crippen LogP contribution in [0, 0.1) is 0 Å². The molecule has 0 unspecified atom stereocenters. The third-order valence-electron chi connectivity index (χ3n) is 5.35. The zero-order valence-corrected chi connectivity index (χ0v) is 18.2. The van der Waals surface area contributed by atoms with Crippen molar-refractivity contribution in [1.29, 1.82) is 0 Å². The molecule has 0 saturated carbocycles. The summed E-state index contributed by atoms with van der Waals surface area (Å²) in [4.78, 5) is 0. The van der Waals surface area contributed by atoms with Gasteiger partial charge in [0.15, 0.2) is 0 Å². The van der Waals surface area contributed by atoms with Crippen LogP contribution in [0.5, 0.6) is 0 Å². The van der Waals surface area contributed by atoms with E-state index in [-0.39, 0.29) is 6.04 Å². The summed E-state index contributed by atoms with van der Waals surface area (Å²) < 4.78 is 14.2. The molecule has 0 aliphatic rings. The Hall–Kier alpha value is -2.15. The number of aryl methyl sites for hydroxylation is 1. The van der Waals surface area contributed by atoms with Crippen LogP contribution < -0.4 is 15.7 Å². The van der Waals surface area contributed by atoms with Crippen LogP contribution in [0.15, 0.2) is 91.0 Å². The van der Waals surface area contributed by atoms with Crippen LogP contribution in [0.25, 0.3) is 0 Å². The van der Waals surface area contributed by atoms with Crippen molar-refractivity contribution >= 4 is 17.9 Å². The maximum Gasteiger partial charge on any atom is 0.204 e. The number of rotatable bonds is 11. The Balaban J connectivity index is 1.70. The first kappa shape index (κ1) is 21.6. The predicted octanol–water partition coefficient (Wildman–Crippen LogP) is 6.09. The van der Waals surface area contributed by atoms with E-state index in [2.05, 4.69) is 42.3 Å². The summed E-state index contributed by atoms with van der Waals surface area (Å²) in [6.45, 7) is 2.20. The standard InChI is InChI=1S/C26H32NOP/c1-2-14-24(18-13-12-17-23-15-6-3-7-16-23)27-29(28,25-19-8-4-9-20-25)26-21-10-5-11-22-26/h3-11,15-16,19-22,24H,2,12-14,17-18H2,1H3,(H,27,28)/t24-/m1/s1. The van der Waals surface area contributed by atoms with Crippen molar-refractivity contribution in [3.8, 4) is 0 Å². The molecule has 2 nitrogen and oxygen atoms in total. The molecular weight excluding hydrogens is 373 g/mol. The molecule has 3 aromatic rings. The van der Waals surface area contributed by atoms with Gasteiger partial charge in [-0.1, -0.05) is 86.5 Å². The maximum absolute atomic E-state index is 14.2. The molecule has 0 aliphatic carbocycles. The van der Waals surface area contributed by atoms with Crippen molar-refractivity contribution in [1.82, 2.24) is 5.09 Å². The second kappa shape index (κ2) is 11.1. The minimum atomic E-state index is -2.87. The molecule has 0 spiro atoms. The molecule has 0 aliphatic heterocycles. The number of nitrogens with one attached hydrogen (secondary N) is 1. The maximum atomic E-state index is 14.2. The van der Waals surface area contributed by atoms with Gasteiger partial charge in [0.1, 0.15) is 0 Å². The van der Waals surface area contributed by atoms with Gasteiger partial charge in [0.05, 0.1) is 0 Å². The van der Waals surface area contributed by atoms with E-state index in [1.807, 2.05) is 60.7 Å². The van der Waals surface area contributed by atoms with Gasteiger partial charge in [-0.25, -0.2) is 0 Å². The van der Waals surface area contributed by atoms with Crippen LogP contribution in [0.2, 0.25) is 0 Å². The molecular formula is C26H32NOP. The Morgan fingerprint density at radius 1 is 0.724 bits per heavy atom. The van der Waals surface area contributed by atoms with E-state index < -0.39 is 7.29 Å². The fourth-order valence-corrected chi connectivity index (χ4v) is 6.37. The van der Waals surface area contributed by atoms with E-state index >= 15 is 0 Å². The fourth-order valence-electron chi connectivity index (χ4n) is 3.82. The fraction of sp³-hybridized carbons (Fsp3) is 0.308. The molecule has 0 radical (unpaired) electrons. The summed E-state index contributed by atoms with van der Waals surface area (Å²) in [7, 11) is -2.87. The van der Waals surface area contributed by atoms with Crippen molar-refractivity contribution in [2.24, 2.45) is 0 Å². The van der Waals surface area contributed by atoms with Gasteiger partial charge in [-0.3, -0.25) is 9.65 Å². The molecule has 0 amide bonds. The number of hydrogen-bond donors (Lipinski definition) is 1. The van der Waals surface area contributed by atoms with E-state index in [9.17, 15) is 4.57 Å². The zero-order chi connectivity index (χ0) is 20.4. The lowest BCUT2D eigenvalue weighted by Gasteiger charge is -2.27. The lowest BCUT2D eigenvalue weighted by atomic mass is 10.0. The molecule has 0 saturated heterocycles. The molecule has 152 valence electrons. The summed E-state index contributed by atoms with van der Waals surface area (Å²) in [5, 5.41) is 5.39. The molecule has 0 heterocycles. The van der Waals surface area contributed by atoms with E-state index in [0.29, 0.717) is 0 Å². The molecule has 3 heteroatoms. The van der Waals surface area contributed by atoms with Crippen molar-refractivity contribution in [3.63, 3.8) is 0 Å². The van der Waals surface area contributed by atoms with Crippen molar-refractivity contribution in [3.05, 3.63) is 96.6 Å². The number of hydrogen-bond acceptors (Lipinski definition) is 1. The average Bonchev–Trinajstić information content (AvgIpc) is 2.78. The molecule has 0 fully saturated rings. The highest BCUT2D eigenvalue weighted by Gasteiger charge is 2.29. The van der Waals surface area contributed by atoms with Gasteiger partial charge in [0, 0.05) is 16.7 Å². The molecule has 3 aromatic carbocycles. The average molecular weight is 406 g/mol.